The molecule has 0 spiro atoms. The largest absolute Gasteiger partial charge is 0.336 e. The average Bonchev–Trinajstić information content (AvgIpc) is 3.31. The summed E-state index contributed by atoms with van der Waals surface area (Å²) in [6, 6.07) is 22.9. The minimum atomic E-state index is -0.505. The summed E-state index contributed by atoms with van der Waals surface area (Å²) in [6.07, 6.45) is 2.30. The van der Waals surface area contributed by atoms with Crippen molar-refractivity contribution in [3.8, 4) is 0 Å². The molecule has 8 heteroatoms. The lowest BCUT2D eigenvalue weighted by Gasteiger charge is -2.17. The van der Waals surface area contributed by atoms with Crippen molar-refractivity contribution < 1.29 is 14.8 Å². The Bertz CT molecular complexity index is 1260. The third-order valence-corrected chi connectivity index (χ3v) is 5.53. The van der Waals surface area contributed by atoms with Gasteiger partial charge in [-0.2, -0.15) is 0 Å². The van der Waals surface area contributed by atoms with E-state index in [2.05, 4.69) is 16.4 Å². The molecule has 1 atom stereocenters. The summed E-state index contributed by atoms with van der Waals surface area (Å²) in [5, 5.41) is 19.7. The van der Waals surface area contributed by atoms with Crippen LogP contribution in [0.1, 0.15) is 34.1 Å². The Hall–Kier alpha value is -4.04. The first-order valence-electron chi connectivity index (χ1n) is 10.7. The van der Waals surface area contributed by atoms with Gasteiger partial charge in [0.1, 0.15) is 5.69 Å². The Kier molecular flexibility index (Phi) is 6.75. The van der Waals surface area contributed by atoms with Crippen LogP contribution in [-0.4, -0.2) is 44.0 Å². The van der Waals surface area contributed by atoms with Gasteiger partial charge in [-0.25, -0.2) is 10.2 Å². The Balaban J connectivity index is 1.51. The molecule has 0 fully saturated rings. The smallest absolute Gasteiger partial charge is 0.253 e. The van der Waals surface area contributed by atoms with Crippen LogP contribution in [0.25, 0.3) is 10.8 Å². The standard InChI is InChI=1S/C25H25N5O3/c1-29(25(32)20-8-3-2-4-9-20)16-22-17-30(28-26-22)23(15-24(31)27-33)14-18-11-12-19-7-5-6-10-21(19)13-18/h2-13,17,23,33H,14-16H2,1H3,(H,27,31)/t23-/m1/s1. The van der Waals surface area contributed by atoms with E-state index < -0.39 is 5.91 Å². The van der Waals surface area contributed by atoms with E-state index in [9.17, 15) is 9.59 Å². The van der Waals surface area contributed by atoms with Gasteiger partial charge in [0.2, 0.25) is 5.91 Å². The SMILES string of the molecule is CN(Cc1cn([C@@H](CC(=O)NO)Cc2ccc3ccccc3c2)nn1)C(=O)c1ccccc1. The van der Waals surface area contributed by atoms with E-state index in [1.807, 2.05) is 54.6 Å². The molecule has 2 amide bonds. The highest BCUT2D eigenvalue weighted by Gasteiger charge is 2.20. The number of hydroxylamine groups is 1. The summed E-state index contributed by atoms with van der Waals surface area (Å²) in [7, 11) is 1.71. The molecule has 33 heavy (non-hydrogen) atoms. The zero-order valence-corrected chi connectivity index (χ0v) is 18.3. The summed E-state index contributed by atoms with van der Waals surface area (Å²) in [6.45, 7) is 0.280. The number of hydrogen-bond acceptors (Lipinski definition) is 5. The molecule has 1 heterocycles. The first-order valence-corrected chi connectivity index (χ1v) is 10.7. The second-order valence-electron chi connectivity index (χ2n) is 8.00. The third kappa shape index (κ3) is 5.42. The summed E-state index contributed by atoms with van der Waals surface area (Å²) >= 11 is 0. The van der Waals surface area contributed by atoms with Crippen LogP contribution in [0.3, 0.4) is 0 Å². The first kappa shape index (κ1) is 22.2. The number of carbonyl (C=O) groups is 2. The second kappa shape index (κ2) is 10.1. The van der Waals surface area contributed by atoms with E-state index in [-0.39, 0.29) is 24.9 Å². The highest BCUT2D eigenvalue weighted by Crippen LogP contribution is 2.22. The molecular formula is C25H25N5O3. The molecule has 0 aliphatic carbocycles. The van der Waals surface area contributed by atoms with Crippen molar-refractivity contribution in [1.29, 1.82) is 0 Å². The highest BCUT2D eigenvalue weighted by molar-refractivity contribution is 5.93. The maximum atomic E-state index is 12.6. The number of hydrogen-bond donors (Lipinski definition) is 2. The number of rotatable bonds is 8. The van der Waals surface area contributed by atoms with Gasteiger partial charge in [-0.05, 0) is 34.9 Å². The molecule has 8 nitrogen and oxygen atoms in total. The summed E-state index contributed by atoms with van der Waals surface area (Å²) < 4.78 is 1.63. The molecule has 0 saturated heterocycles. The predicted molar refractivity (Wildman–Crippen MR) is 123 cm³/mol. The summed E-state index contributed by atoms with van der Waals surface area (Å²) in [5.74, 6) is -0.619. The number of carbonyl (C=O) groups excluding carboxylic acids is 2. The third-order valence-electron chi connectivity index (χ3n) is 5.53. The van der Waals surface area contributed by atoms with Crippen LogP contribution in [0.5, 0.6) is 0 Å². The molecule has 2 N–H and O–H groups in total. The van der Waals surface area contributed by atoms with Crippen molar-refractivity contribution in [2.24, 2.45) is 0 Å². The minimum Gasteiger partial charge on any atom is -0.336 e. The van der Waals surface area contributed by atoms with Gasteiger partial charge in [0, 0.05) is 12.6 Å². The van der Waals surface area contributed by atoms with Gasteiger partial charge in [-0.1, -0.05) is 65.9 Å². The molecule has 0 radical (unpaired) electrons. The van der Waals surface area contributed by atoms with E-state index in [1.54, 1.807) is 40.4 Å². The van der Waals surface area contributed by atoms with Crippen LogP contribution in [-0.2, 0) is 17.8 Å². The monoisotopic (exact) mass is 443 g/mol. The van der Waals surface area contributed by atoms with Gasteiger partial charge in [0.25, 0.3) is 5.91 Å². The normalized spacial score (nSPS) is 11.8. The van der Waals surface area contributed by atoms with Crippen molar-refractivity contribution in [1.82, 2.24) is 25.4 Å². The van der Waals surface area contributed by atoms with Crippen molar-refractivity contribution in [3.05, 3.63) is 95.8 Å². The van der Waals surface area contributed by atoms with Crippen LogP contribution in [0, 0.1) is 0 Å². The van der Waals surface area contributed by atoms with Crippen LogP contribution in [0.15, 0.2) is 79.0 Å². The average molecular weight is 444 g/mol. The molecule has 0 bridgehead atoms. The van der Waals surface area contributed by atoms with Crippen LogP contribution in [0.2, 0.25) is 0 Å². The molecule has 0 saturated carbocycles. The number of amides is 2. The lowest BCUT2D eigenvalue weighted by atomic mass is 10.00. The molecule has 4 rings (SSSR count). The van der Waals surface area contributed by atoms with Gasteiger partial charge in [-0.3, -0.25) is 14.8 Å². The maximum Gasteiger partial charge on any atom is 0.253 e. The van der Waals surface area contributed by atoms with Crippen LogP contribution >= 0.6 is 0 Å². The van der Waals surface area contributed by atoms with Crippen molar-refractivity contribution >= 4 is 22.6 Å². The molecule has 3 aromatic carbocycles. The second-order valence-corrected chi connectivity index (χ2v) is 8.00. The number of aromatic nitrogens is 3. The van der Waals surface area contributed by atoms with Gasteiger partial charge in [0.15, 0.2) is 0 Å². The lowest BCUT2D eigenvalue weighted by molar-refractivity contribution is -0.130. The minimum absolute atomic E-state index is 0.0327. The van der Waals surface area contributed by atoms with E-state index in [0.29, 0.717) is 17.7 Å². The molecule has 168 valence electrons. The fourth-order valence-corrected chi connectivity index (χ4v) is 3.84. The zero-order valence-electron chi connectivity index (χ0n) is 18.3. The quantitative estimate of drug-likeness (QED) is 0.321. The van der Waals surface area contributed by atoms with E-state index in [4.69, 9.17) is 5.21 Å². The molecule has 0 aliphatic heterocycles. The molecular weight excluding hydrogens is 418 g/mol. The molecule has 1 aromatic heterocycles. The molecule has 0 aliphatic rings. The van der Waals surface area contributed by atoms with Gasteiger partial charge >= 0.3 is 0 Å². The Morgan fingerprint density at radius 3 is 2.52 bits per heavy atom. The highest BCUT2D eigenvalue weighted by atomic mass is 16.5. The number of benzene rings is 3. The van der Waals surface area contributed by atoms with Crippen LogP contribution < -0.4 is 5.48 Å². The van der Waals surface area contributed by atoms with Crippen molar-refractivity contribution in [2.45, 2.75) is 25.4 Å². The van der Waals surface area contributed by atoms with Crippen molar-refractivity contribution in [3.63, 3.8) is 0 Å². The van der Waals surface area contributed by atoms with Crippen LogP contribution in [0.4, 0.5) is 0 Å². The van der Waals surface area contributed by atoms with Gasteiger partial charge < -0.3 is 4.90 Å². The zero-order chi connectivity index (χ0) is 23.2. The van der Waals surface area contributed by atoms with Gasteiger partial charge in [-0.15, -0.1) is 5.10 Å². The van der Waals surface area contributed by atoms with E-state index in [0.717, 1.165) is 16.3 Å². The lowest BCUT2D eigenvalue weighted by Crippen LogP contribution is -2.26. The predicted octanol–water partition coefficient (Wildman–Crippen LogP) is 3.38. The topological polar surface area (TPSA) is 100 Å². The fraction of sp³-hybridized carbons (Fsp3) is 0.200. The van der Waals surface area contributed by atoms with E-state index >= 15 is 0 Å². The Labute approximate surface area is 191 Å². The fourth-order valence-electron chi connectivity index (χ4n) is 3.84. The van der Waals surface area contributed by atoms with Crippen molar-refractivity contribution in [2.75, 3.05) is 7.05 Å². The molecule has 0 unspecified atom stereocenters. The number of fused-ring (bicyclic) bond motifs is 1. The number of nitrogens with one attached hydrogen (secondary N) is 1. The summed E-state index contributed by atoms with van der Waals surface area (Å²) in [5.41, 5.74) is 3.94. The van der Waals surface area contributed by atoms with Gasteiger partial charge in [0.05, 0.1) is 25.2 Å². The Morgan fingerprint density at radius 2 is 1.76 bits per heavy atom. The first-order chi connectivity index (χ1) is 16.0. The van der Waals surface area contributed by atoms with E-state index in [1.165, 1.54) is 0 Å². The molecule has 4 aromatic rings. The maximum absolute atomic E-state index is 12.6. The Morgan fingerprint density at radius 1 is 1.03 bits per heavy atom. The summed E-state index contributed by atoms with van der Waals surface area (Å²) in [4.78, 5) is 26.1. The number of nitrogens with zero attached hydrogens (tertiary/aromatic N) is 4.